The molecule has 0 aliphatic carbocycles. The summed E-state index contributed by atoms with van der Waals surface area (Å²) in [5.74, 6) is 1.19. The summed E-state index contributed by atoms with van der Waals surface area (Å²) in [4.78, 5) is 15.1. The van der Waals surface area contributed by atoms with Crippen molar-refractivity contribution < 1.29 is 13.7 Å². The van der Waals surface area contributed by atoms with Gasteiger partial charge in [-0.3, -0.25) is 9.00 Å². The Morgan fingerprint density at radius 1 is 1.10 bits per heavy atom. The van der Waals surface area contributed by atoms with Gasteiger partial charge in [0, 0.05) is 46.4 Å². The normalized spacial score (nSPS) is 17.8. The number of rotatable bonds is 7. The van der Waals surface area contributed by atoms with Gasteiger partial charge < -0.3 is 14.2 Å². The zero-order valence-corrected chi connectivity index (χ0v) is 17.6. The molecular formula is C24H24N2O3S. The predicted molar refractivity (Wildman–Crippen MR) is 119 cm³/mol. The van der Waals surface area contributed by atoms with Gasteiger partial charge in [0.25, 0.3) is 0 Å². The number of aromatic nitrogens is 1. The minimum absolute atomic E-state index is 0.00294. The largest absolute Gasteiger partial charge is 0.496 e. The van der Waals surface area contributed by atoms with Crippen LogP contribution in [0, 0.1) is 0 Å². The quantitative estimate of drug-likeness (QED) is 0.586. The van der Waals surface area contributed by atoms with Crippen LogP contribution in [0.4, 0.5) is 0 Å². The number of nitrogens with zero attached hydrogens (tertiary/aromatic N) is 2. The van der Waals surface area contributed by atoms with E-state index in [9.17, 15) is 9.00 Å². The van der Waals surface area contributed by atoms with Crippen LogP contribution in [0.25, 0.3) is 5.69 Å². The Morgan fingerprint density at radius 2 is 1.83 bits per heavy atom. The van der Waals surface area contributed by atoms with Crippen LogP contribution in [0.2, 0.25) is 0 Å². The fraction of sp³-hybridized carbons (Fsp3) is 0.208. The zero-order chi connectivity index (χ0) is 20.9. The van der Waals surface area contributed by atoms with Gasteiger partial charge >= 0.3 is 0 Å². The van der Waals surface area contributed by atoms with E-state index in [0.29, 0.717) is 12.3 Å². The van der Waals surface area contributed by atoms with E-state index in [1.165, 1.54) is 0 Å². The highest BCUT2D eigenvalue weighted by Gasteiger charge is 2.27. The molecule has 0 bridgehead atoms. The van der Waals surface area contributed by atoms with E-state index in [1.54, 1.807) is 17.4 Å². The van der Waals surface area contributed by atoms with Gasteiger partial charge in [-0.15, -0.1) is 0 Å². The van der Waals surface area contributed by atoms with Crippen molar-refractivity contribution in [1.82, 2.24) is 9.47 Å². The summed E-state index contributed by atoms with van der Waals surface area (Å²) in [7, 11) is 0.596. The maximum Gasteiger partial charge on any atom is 0.227 e. The molecule has 0 saturated heterocycles. The van der Waals surface area contributed by atoms with Crippen molar-refractivity contribution in [2.45, 2.75) is 19.0 Å². The maximum absolute atomic E-state index is 13.3. The zero-order valence-electron chi connectivity index (χ0n) is 16.8. The van der Waals surface area contributed by atoms with Crippen molar-refractivity contribution in [3.8, 4) is 11.4 Å². The first-order valence-corrected chi connectivity index (χ1v) is 11.2. The molecule has 1 aromatic heterocycles. The standard InChI is InChI=1S/C24H24N2O3S/c1-29-23-7-3-2-6-20(23)17-26(22-12-15-30(28)18-22)24(27)16-19-8-10-21(11-9-19)25-13-4-5-14-25/h2-15,22H,16-18H2,1H3. The second-order valence-electron chi connectivity index (χ2n) is 7.21. The van der Waals surface area contributed by atoms with Gasteiger partial charge in [-0.05, 0) is 35.9 Å². The minimum Gasteiger partial charge on any atom is -0.496 e. The topological polar surface area (TPSA) is 51.5 Å². The highest BCUT2D eigenvalue weighted by atomic mass is 32.2. The number of para-hydroxylation sites is 1. The Kier molecular flexibility index (Phi) is 6.14. The van der Waals surface area contributed by atoms with Crippen molar-refractivity contribution in [2.75, 3.05) is 12.9 Å². The van der Waals surface area contributed by atoms with E-state index < -0.39 is 10.8 Å². The van der Waals surface area contributed by atoms with Gasteiger partial charge in [0.1, 0.15) is 5.75 Å². The first kappa shape index (κ1) is 20.2. The van der Waals surface area contributed by atoms with Crippen molar-refractivity contribution in [3.05, 3.63) is 95.7 Å². The smallest absolute Gasteiger partial charge is 0.227 e. The van der Waals surface area contributed by atoms with E-state index in [2.05, 4.69) is 0 Å². The monoisotopic (exact) mass is 420 g/mol. The Morgan fingerprint density at radius 3 is 2.50 bits per heavy atom. The molecule has 0 radical (unpaired) electrons. The van der Waals surface area contributed by atoms with Gasteiger partial charge in [0.2, 0.25) is 5.91 Å². The molecular weight excluding hydrogens is 396 g/mol. The number of carbonyl (C=O) groups excluding carboxylic acids is 1. The molecule has 2 heterocycles. The molecule has 3 aromatic rings. The molecule has 5 nitrogen and oxygen atoms in total. The van der Waals surface area contributed by atoms with E-state index >= 15 is 0 Å². The molecule has 2 unspecified atom stereocenters. The Labute approximate surface area is 179 Å². The van der Waals surface area contributed by atoms with Crippen LogP contribution in [0.1, 0.15) is 11.1 Å². The van der Waals surface area contributed by atoms with Crippen LogP contribution in [-0.2, 0) is 28.6 Å². The second-order valence-corrected chi connectivity index (χ2v) is 8.58. The molecule has 154 valence electrons. The van der Waals surface area contributed by atoms with E-state index in [0.717, 1.165) is 22.6 Å². The lowest BCUT2D eigenvalue weighted by molar-refractivity contribution is -0.132. The summed E-state index contributed by atoms with van der Waals surface area (Å²) in [5.41, 5.74) is 2.93. The lowest BCUT2D eigenvalue weighted by Crippen LogP contribution is -2.41. The number of hydrogen-bond donors (Lipinski definition) is 0. The molecule has 6 heteroatoms. The number of ether oxygens (including phenoxy) is 1. The summed E-state index contributed by atoms with van der Waals surface area (Å²) >= 11 is 0. The number of amides is 1. The van der Waals surface area contributed by atoms with Crippen LogP contribution in [0.15, 0.2) is 84.5 Å². The van der Waals surface area contributed by atoms with Crippen molar-refractivity contribution in [1.29, 1.82) is 0 Å². The molecule has 1 amide bonds. The summed E-state index contributed by atoms with van der Waals surface area (Å²) in [6, 6.07) is 19.5. The third kappa shape index (κ3) is 4.54. The Bertz CT molecular complexity index is 1060. The SMILES string of the molecule is COc1ccccc1CN(C(=O)Cc1ccc(-n2cccc2)cc1)C1C=CS(=O)C1. The summed E-state index contributed by atoms with van der Waals surface area (Å²) < 4.78 is 19.4. The molecule has 0 spiro atoms. The molecule has 30 heavy (non-hydrogen) atoms. The fourth-order valence-electron chi connectivity index (χ4n) is 3.63. The molecule has 1 aliphatic heterocycles. The van der Waals surface area contributed by atoms with Crippen molar-refractivity contribution in [2.24, 2.45) is 0 Å². The molecule has 0 N–H and O–H groups in total. The molecule has 4 rings (SSSR count). The van der Waals surface area contributed by atoms with Crippen LogP contribution < -0.4 is 4.74 Å². The van der Waals surface area contributed by atoms with Crippen LogP contribution >= 0.6 is 0 Å². The maximum atomic E-state index is 13.3. The third-order valence-electron chi connectivity index (χ3n) is 5.24. The highest BCUT2D eigenvalue weighted by Crippen LogP contribution is 2.23. The molecule has 0 fully saturated rings. The fourth-order valence-corrected chi connectivity index (χ4v) is 4.72. The Hall–Kier alpha value is -3.12. The summed E-state index contributed by atoms with van der Waals surface area (Å²) in [5, 5.41) is 1.68. The first-order valence-electron chi connectivity index (χ1n) is 9.83. The number of methoxy groups -OCH3 is 1. The highest BCUT2D eigenvalue weighted by molar-refractivity contribution is 7.88. The number of carbonyl (C=O) groups is 1. The average Bonchev–Trinajstić information content (AvgIpc) is 3.45. The van der Waals surface area contributed by atoms with Gasteiger partial charge in [-0.2, -0.15) is 0 Å². The third-order valence-corrected chi connectivity index (χ3v) is 6.37. The first-order chi connectivity index (χ1) is 14.6. The van der Waals surface area contributed by atoms with E-state index in [1.807, 2.05) is 83.7 Å². The number of benzene rings is 2. The lowest BCUT2D eigenvalue weighted by atomic mass is 10.1. The predicted octanol–water partition coefficient (Wildman–Crippen LogP) is 3.70. The summed E-state index contributed by atoms with van der Waals surface area (Å²) in [6.07, 6.45) is 6.14. The summed E-state index contributed by atoms with van der Waals surface area (Å²) in [6.45, 7) is 0.413. The van der Waals surface area contributed by atoms with Crippen LogP contribution in [0.5, 0.6) is 5.75 Å². The van der Waals surface area contributed by atoms with Gasteiger partial charge in [-0.25, -0.2) is 0 Å². The second kappa shape index (κ2) is 9.13. The van der Waals surface area contributed by atoms with Crippen molar-refractivity contribution >= 4 is 16.7 Å². The van der Waals surface area contributed by atoms with Gasteiger partial charge in [-0.1, -0.05) is 36.4 Å². The molecule has 1 aliphatic rings. The van der Waals surface area contributed by atoms with Crippen molar-refractivity contribution in [3.63, 3.8) is 0 Å². The lowest BCUT2D eigenvalue weighted by Gasteiger charge is -2.28. The van der Waals surface area contributed by atoms with Gasteiger partial charge in [0.15, 0.2) is 0 Å². The van der Waals surface area contributed by atoms with E-state index in [4.69, 9.17) is 4.74 Å². The Balaban J connectivity index is 1.53. The minimum atomic E-state index is -1.03. The van der Waals surface area contributed by atoms with E-state index in [-0.39, 0.29) is 18.4 Å². The average molecular weight is 421 g/mol. The van der Waals surface area contributed by atoms with Crippen LogP contribution in [0.3, 0.4) is 0 Å². The molecule has 0 saturated carbocycles. The molecule has 2 atom stereocenters. The number of hydrogen-bond acceptors (Lipinski definition) is 3. The van der Waals surface area contributed by atoms with Crippen LogP contribution in [-0.4, -0.2) is 38.5 Å². The molecule has 2 aromatic carbocycles. The van der Waals surface area contributed by atoms with Gasteiger partial charge in [0.05, 0.1) is 25.3 Å².